The number of alkyl halides is 3. The Balaban J connectivity index is 0.00000103. The van der Waals surface area contributed by atoms with Crippen molar-refractivity contribution in [1.82, 2.24) is 5.32 Å². The number of aliphatic carboxylic acids is 2. The van der Waals surface area contributed by atoms with Crippen LogP contribution in [0.5, 0.6) is 5.75 Å². The number of halogens is 3. The van der Waals surface area contributed by atoms with Gasteiger partial charge in [-0.25, -0.2) is 4.79 Å². The van der Waals surface area contributed by atoms with Crippen molar-refractivity contribution < 1.29 is 47.4 Å². The Bertz CT molecular complexity index is 717. The number of rotatable bonds is 11. The Morgan fingerprint density at radius 3 is 2.10 bits per heavy atom. The number of carboxylic acid groups (broad SMARTS) is 2. The number of nitro groups is 1. The molecule has 0 fully saturated rings. The minimum absolute atomic E-state index is 0.0424. The SMILES string of the molecule is O=C(O)C(F)(F)F.O=C(O)CCSSCCNC(=O)COc1ccc([N+](=O)[O-])cc1. The number of hydrogen-bond donors (Lipinski definition) is 3. The van der Waals surface area contributed by atoms with Gasteiger partial charge in [0.15, 0.2) is 6.61 Å². The van der Waals surface area contributed by atoms with Crippen LogP contribution in [0.1, 0.15) is 6.42 Å². The third kappa shape index (κ3) is 14.3. The van der Waals surface area contributed by atoms with E-state index in [0.29, 0.717) is 23.8 Å². The summed E-state index contributed by atoms with van der Waals surface area (Å²) < 4.78 is 36.9. The van der Waals surface area contributed by atoms with Crippen LogP contribution in [-0.2, 0) is 14.4 Å². The first-order valence-corrected chi connectivity index (χ1v) is 10.3. The van der Waals surface area contributed by atoms with E-state index in [2.05, 4.69) is 5.32 Å². The monoisotopic (exact) mass is 474 g/mol. The summed E-state index contributed by atoms with van der Waals surface area (Å²) >= 11 is 0. The topological polar surface area (TPSA) is 156 Å². The number of non-ortho nitro benzene ring substituents is 1. The average molecular weight is 474 g/mol. The summed E-state index contributed by atoms with van der Waals surface area (Å²) in [4.78, 5) is 40.7. The van der Waals surface area contributed by atoms with Gasteiger partial charge in [-0.3, -0.25) is 19.7 Å². The maximum Gasteiger partial charge on any atom is 0.490 e. The molecule has 0 spiro atoms. The van der Waals surface area contributed by atoms with Crippen molar-refractivity contribution in [3.8, 4) is 5.75 Å². The van der Waals surface area contributed by atoms with Crippen LogP contribution < -0.4 is 10.1 Å². The molecule has 0 aliphatic heterocycles. The van der Waals surface area contributed by atoms with Crippen molar-refractivity contribution in [2.75, 3.05) is 24.7 Å². The summed E-state index contributed by atoms with van der Waals surface area (Å²) in [5, 5.41) is 28.7. The van der Waals surface area contributed by atoms with Crippen molar-refractivity contribution in [1.29, 1.82) is 0 Å². The quantitative estimate of drug-likeness (QED) is 0.188. The van der Waals surface area contributed by atoms with Gasteiger partial charge in [0.1, 0.15) is 5.75 Å². The number of carboxylic acids is 2. The Kier molecular flexibility index (Phi) is 13.0. The molecule has 0 heterocycles. The fourth-order valence-electron chi connectivity index (χ4n) is 1.34. The number of nitrogens with one attached hydrogen (secondary N) is 1. The van der Waals surface area contributed by atoms with Gasteiger partial charge in [0.05, 0.1) is 11.3 Å². The largest absolute Gasteiger partial charge is 0.490 e. The number of carbonyl (C=O) groups excluding carboxylic acids is 1. The second-order valence-electron chi connectivity index (χ2n) is 4.98. The van der Waals surface area contributed by atoms with Crippen LogP contribution in [0.4, 0.5) is 18.9 Å². The molecule has 0 aliphatic rings. The average Bonchev–Trinajstić information content (AvgIpc) is 2.65. The maximum atomic E-state index is 11.5. The van der Waals surface area contributed by atoms with E-state index < -0.39 is 23.0 Å². The molecule has 0 aromatic heterocycles. The van der Waals surface area contributed by atoms with Gasteiger partial charge < -0.3 is 20.3 Å². The molecule has 10 nitrogen and oxygen atoms in total. The van der Waals surface area contributed by atoms with Gasteiger partial charge in [0.25, 0.3) is 11.6 Å². The highest BCUT2D eigenvalue weighted by molar-refractivity contribution is 8.76. The summed E-state index contributed by atoms with van der Waals surface area (Å²) in [5.41, 5.74) is -0.0424. The van der Waals surface area contributed by atoms with E-state index in [1.165, 1.54) is 45.9 Å². The van der Waals surface area contributed by atoms with Crippen LogP contribution in [-0.4, -0.2) is 63.8 Å². The summed E-state index contributed by atoms with van der Waals surface area (Å²) in [6.07, 6.45) is -4.97. The summed E-state index contributed by atoms with van der Waals surface area (Å²) in [5.74, 6) is -2.31. The Morgan fingerprint density at radius 1 is 1.10 bits per heavy atom. The highest BCUT2D eigenvalue weighted by atomic mass is 33.1. The van der Waals surface area contributed by atoms with Gasteiger partial charge in [0.2, 0.25) is 0 Å². The summed E-state index contributed by atoms with van der Waals surface area (Å²) in [7, 11) is 2.94. The van der Waals surface area contributed by atoms with Gasteiger partial charge in [0, 0.05) is 30.2 Å². The molecule has 15 heteroatoms. The van der Waals surface area contributed by atoms with Crippen molar-refractivity contribution in [3.63, 3.8) is 0 Å². The lowest BCUT2D eigenvalue weighted by Gasteiger charge is -2.07. The number of nitrogens with zero attached hydrogens (tertiary/aromatic N) is 1. The molecular weight excluding hydrogens is 457 g/mol. The highest BCUT2D eigenvalue weighted by Crippen LogP contribution is 2.21. The maximum absolute atomic E-state index is 11.5. The molecule has 168 valence electrons. The number of amides is 1. The van der Waals surface area contributed by atoms with Crippen LogP contribution >= 0.6 is 21.6 Å². The van der Waals surface area contributed by atoms with Crippen molar-refractivity contribution in [3.05, 3.63) is 34.4 Å². The molecule has 1 aromatic carbocycles. The Morgan fingerprint density at radius 2 is 1.63 bits per heavy atom. The lowest BCUT2D eigenvalue weighted by molar-refractivity contribution is -0.384. The standard InChI is InChI=1S/C13H16N2O6S2.C2HF3O2/c16-12(14-6-8-23-22-7-5-13(17)18)9-21-11-3-1-10(2-4-11)15(19)20;3-2(4,5)1(6)7/h1-4H,5-9H2,(H,14,16)(H,17,18);(H,6,7). The van der Waals surface area contributed by atoms with E-state index in [4.69, 9.17) is 19.7 Å². The molecule has 0 radical (unpaired) electrons. The summed E-state index contributed by atoms with van der Waals surface area (Å²) in [6.45, 7) is 0.280. The molecule has 0 unspecified atom stereocenters. The Hall–Kier alpha value is -2.68. The first-order chi connectivity index (χ1) is 13.9. The van der Waals surface area contributed by atoms with E-state index in [0.717, 1.165) is 0 Å². The number of benzene rings is 1. The lowest BCUT2D eigenvalue weighted by Crippen LogP contribution is -2.30. The number of carbonyl (C=O) groups is 3. The zero-order chi connectivity index (χ0) is 23.2. The van der Waals surface area contributed by atoms with Gasteiger partial charge in [-0.1, -0.05) is 21.6 Å². The van der Waals surface area contributed by atoms with Crippen LogP contribution in [0.2, 0.25) is 0 Å². The zero-order valence-corrected chi connectivity index (χ0v) is 16.7. The number of ether oxygens (including phenoxy) is 1. The molecule has 1 rings (SSSR count). The van der Waals surface area contributed by atoms with Gasteiger partial charge >= 0.3 is 18.1 Å². The second kappa shape index (κ2) is 14.3. The van der Waals surface area contributed by atoms with E-state index in [1.54, 1.807) is 0 Å². The summed E-state index contributed by atoms with van der Waals surface area (Å²) in [6, 6.07) is 5.47. The lowest BCUT2D eigenvalue weighted by atomic mass is 10.3. The highest BCUT2D eigenvalue weighted by Gasteiger charge is 2.38. The molecule has 0 saturated carbocycles. The fourth-order valence-corrected chi connectivity index (χ4v) is 3.23. The number of nitro benzene ring substituents is 1. The molecule has 1 amide bonds. The predicted molar refractivity (Wildman–Crippen MR) is 102 cm³/mol. The zero-order valence-electron chi connectivity index (χ0n) is 15.1. The first kappa shape index (κ1) is 27.3. The minimum Gasteiger partial charge on any atom is -0.484 e. The molecule has 0 saturated heterocycles. The molecular formula is C15H17F3N2O8S2. The van der Waals surface area contributed by atoms with E-state index >= 15 is 0 Å². The predicted octanol–water partition coefficient (Wildman–Crippen LogP) is 2.58. The molecule has 0 bridgehead atoms. The van der Waals surface area contributed by atoms with Gasteiger partial charge in [-0.15, -0.1) is 0 Å². The molecule has 30 heavy (non-hydrogen) atoms. The van der Waals surface area contributed by atoms with Crippen molar-refractivity contribution >= 4 is 45.1 Å². The fraction of sp³-hybridized carbons (Fsp3) is 0.400. The second-order valence-corrected chi connectivity index (χ2v) is 7.68. The third-order valence-electron chi connectivity index (χ3n) is 2.65. The van der Waals surface area contributed by atoms with Crippen molar-refractivity contribution in [2.45, 2.75) is 12.6 Å². The van der Waals surface area contributed by atoms with Crippen LogP contribution in [0.25, 0.3) is 0 Å². The molecule has 0 atom stereocenters. The van der Waals surface area contributed by atoms with Crippen molar-refractivity contribution in [2.24, 2.45) is 0 Å². The smallest absolute Gasteiger partial charge is 0.484 e. The van der Waals surface area contributed by atoms with E-state index in [-0.39, 0.29) is 24.6 Å². The van der Waals surface area contributed by atoms with Crippen LogP contribution in [0.15, 0.2) is 24.3 Å². The van der Waals surface area contributed by atoms with E-state index in [1.807, 2.05) is 0 Å². The molecule has 1 aromatic rings. The molecule has 0 aliphatic carbocycles. The molecule has 3 N–H and O–H groups in total. The normalized spacial score (nSPS) is 10.4. The first-order valence-electron chi connectivity index (χ1n) is 7.83. The minimum atomic E-state index is -5.08. The Labute approximate surface area is 175 Å². The van der Waals surface area contributed by atoms with Gasteiger partial charge in [-0.2, -0.15) is 13.2 Å². The number of hydrogen-bond acceptors (Lipinski definition) is 8. The van der Waals surface area contributed by atoms with Crippen LogP contribution in [0, 0.1) is 10.1 Å². The van der Waals surface area contributed by atoms with Gasteiger partial charge in [-0.05, 0) is 12.1 Å². The van der Waals surface area contributed by atoms with E-state index in [9.17, 15) is 32.9 Å². The third-order valence-corrected chi connectivity index (χ3v) is 5.06. The van der Waals surface area contributed by atoms with Crippen LogP contribution in [0.3, 0.4) is 0 Å².